The van der Waals surface area contributed by atoms with E-state index in [1.807, 2.05) is 12.1 Å². The van der Waals surface area contributed by atoms with Gasteiger partial charge in [0.05, 0.1) is 7.11 Å². The molecule has 1 aliphatic carbocycles. The van der Waals surface area contributed by atoms with Gasteiger partial charge in [0.1, 0.15) is 0 Å². The number of ether oxygens (including phenoxy) is 1. The van der Waals surface area contributed by atoms with Gasteiger partial charge in [-0.3, -0.25) is 0 Å². The second-order valence-electron chi connectivity index (χ2n) is 6.25. The summed E-state index contributed by atoms with van der Waals surface area (Å²) in [4.78, 5) is 0. The molecule has 0 radical (unpaired) electrons. The average molecular weight is 293 g/mol. The molecule has 118 valence electrons. The molecule has 1 saturated carbocycles. The van der Waals surface area contributed by atoms with E-state index in [0.29, 0.717) is 5.75 Å². The van der Waals surface area contributed by atoms with Crippen molar-refractivity contribution in [1.29, 1.82) is 0 Å². The Morgan fingerprint density at radius 3 is 2.62 bits per heavy atom. The van der Waals surface area contributed by atoms with Crippen LogP contribution in [0.5, 0.6) is 11.5 Å². The standard InChI is InChI=1S/C17H27NO3/c1-13(14-6-7-15(20)16(10-14)21-2)18-11-17(12-19)8-4-3-5-9-17/h6-7,10,13,18-20H,3-5,8-9,11-12H2,1-2H3. The molecule has 1 unspecified atom stereocenters. The van der Waals surface area contributed by atoms with Crippen molar-refractivity contribution in [1.82, 2.24) is 5.32 Å². The minimum Gasteiger partial charge on any atom is -0.504 e. The fourth-order valence-electron chi connectivity index (χ4n) is 3.14. The molecule has 0 aromatic heterocycles. The van der Waals surface area contributed by atoms with Crippen molar-refractivity contribution in [2.75, 3.05) is 20.3 Å². The van der Waals surface area contributed by atoms with Gasteiger partial charge in [0.15, 0.2) is 11.5 Å². The Balaban J connectivity index is 1.99. The SMILES string of the molecule is COc1cc(C(C)NCC2(CO)CCCCC2)ccc1O. The van der Waals surface area contributed by atoms with Crippen molar-refractivity contribution in [3.05, 3.63) is 23.8 Å². The largest absolute Gasteiger partial charge is 0.504 e. The van der Waals surface area contributed by atoms with Crippen LogP contribution in [0.15, 0.2) is 18.2 Å². The molecular formula is C17H27NO3. The third kappa shape index (κ3) is 3.89. The van der Waals surface area contributed by atoms with Crippen molar-refractivity contribution in [3.8, 4) is 11.5 Å². The molecular weight excluding hydrogens is 266 g/mol. The maximum absolute atomic E-state index is 9.75. The maximum Gasteiger partial charge on any atom is 0.160 e. The summed E-state index contributed by atoms with van der Waals surface area (Å²) in [7, 11) is 1.56. The van der Waals surface area contributed by atoms with E-state index in [-0.39, 0.29) is 23.8 Å². The highest BCUT2D eigenvalue weighted by Crippen LogP contribution is 2.36. The lowest BCUT2D eigenvalue weighted by Crippen LogP contribution is -2.39. The van der Waals surface area contributed by atoms with E-state index >= 15 is 0 Å². The van der Waals surface area contributed by atoms with E-state index < -0.39 is 0 Å². The predicted molar refractivity (Wildman–Crippen MR) is 83.7 cm³/mol. The molecule has 21 heavy (non-hydrogen) atoms. The lowest BCUT2D eigenvalue weighted by molar-refractivity contribution is 0.0788. The summed E-state index contributed by atoms with van der Waals surface area (Å²) >= 11 is 0. The molecule has 0 bridgehead atoms. The number of aliphatic hydroxyl groups excluding tert-OH is 1. The molecule has 0 spiro atoms. The Labute approximate surface area is 127 Å². The average Bonchev–Trinajstić information content (AvgIpc) is 2.54. The third-order valence-electron chi connectivity index (χ3n) is 4.74. The number of methoxy groups -OCH3 is 1. The second kappa shape index (κ2) is 7.14. The van der Waals surface area contributed by atoms with Gasteiger partial charge in [-0.15, -0.1) is 0 Å². The van der Waals surface area contributed by atoms with Crippen LogP contribution < -0.4 is 10.1 Å². The van der Waals surface area contributed by atoms with Crippen LogP contribution in [0.1, 0.15) is 50.6 Å². The first-order valence-corrected chi connectivity index (χ1v) is 7.81. The molecule has 4 nitrogen and oxygen atoms in total. The number of aliphatic hydroxyl groups is 1. The highest BCUT2D eigenvalue weighted by molar-refractivity contribution is 5.42. The molecule has 4 heteroatoms. The molecule has 1 aromatic carbocycles. The van der Waals surface area contributed by atoms with Gasteiger partial charge in [0, 0.05) is 24.6 Å². The molecule has 0 heterocycles. The molecule has 0 amide bonds. The van der Waals surface area contributed by atoms with Crippen molar-refractivity contribution < 1.29 is 14.9 Å². The maximum atomic E-state index is 9.75. The summed E-state index contributed by atoms with van der Waals surface area (Å²) in [6.45, 7) is 3.18. The van der Waals surface area contributed by atoms with E-state index in [2.05, 4.69) is 12.2 Å². The van der Waals surface area contributed by atoms with Crippen LogP contribution in [0.3, 0.4) is 0 Å². The Bertz CT molecular complexity index is 455. The summed E-state index contributed by atoms with van der Waals surface area (Å²) in [6, 6.07) is 5.58. The molecule has 0 saturated heterocycles. The smallest absolute Gasteiger partial charge is 0.160 e. The Morgan fingerprint density at radius 1 is 1.29 bits per heavy atom. The van der Waals surface area contributed by atoms with E-state index in [1.165, 1.54) is 19.3 Å². The third-order valence-corrected chi connectivity index (χ3v) is 4.74. The van der Waals surface area contributed by atoms with Crippen LogP contribution in [0, 0.1) is 5.41 Å². The van der Waals surface area contributed by atoms with Gasteiger partial charge in [0.25, 0.3) is 0 Å². The number of hydrogen-bond acceptors (Lipinski definition) is 4. The van der Waals surface area contributed by atoms with Gasteiger partial charge in [-0.1, -0.05) is 25.3 Å². The Morgan fingerprint density at radius 2 is 2.00 bits per heavy atom. The molecule has 3 N–H and O–H groups in total. The van der Waals surface area contributed by atoms with E-state index in [0.717, 1.165) is 24.9 Å². The number of aromatic hydroxyl groups is 1. The first-order chi connectivity index (χ1) is 10.1. The van der Waals surface area contributed by atoms with E-state index in [4.69, 9.17) is 4.74 Å². The first-order valence-electron chi connectivity index (χ1n) is 7.81. The zero-order chi connectivity index (χ0) is 15.3. The zero-order valence-electron chi connectivity index (χ0n) is 13.1. The van der Waals surface area contributed by atoms with Gasteiger partial charge in [0.2, 0.25) is 0 Å². The number of nitrogens with one attached hydrogen (secondary N) is 1. The van der Waals surface area contributed by atoms with Gasteiger partial charge in [-0.2, -0.15) is 0 Å². The predicted octanol–water partition coefficient (Wildman–Crippen LogP) is 2.99. The Hall–Kier alpha value is -1.26. The molecule has 2 rings (SSSR count). The van der Waals surface area contributed by atoms with E-state index in [1.54, 1.807) is 13.2 Å². The van der Waals surface area contributed by atoms with Crippen LogP contribution >= 0.6 is 0 Å². The molecule has 0 aliphatic heterocycles. The topological polar surface area (TPSA) is 61.7 Å². The van der Waals surface area contributed by atoms with Crippen molar-refractivity contribution in [2.24, 2.45) is 5.41 Å². The molecule has 1 aromatic rings. The van der Waals surface area contributed by atoms with Crippen LogP contribution in [0.25, 0.3) is 0 Å². The number of rotatable bonds is 6. The van der Waals surface area contributed by atoms with Crippen molar-refractivity contribution in [2.45, 2.75) is 45.1 Å². The monoisotopic (exact) mass is 293 g/mol. The van der Waals surface area contributed by atoms with Crippen LogP contribution in [0.2, 0.25) is 0 Å². The van der Waals surface area contributed by atoms with Gasteiger partial charge < -0.3 is 20.3 Å². The minimum atomic E-state index is 0.0352. The fourth-order valence-corrected chi connectivity index (χ4v) is 3.14. The number of phenolic OH excluding ortho intramolecular Hbond substituents is 1. The lowest BCUT2D eigenvalue weighted by Gasteiger charge is -2.36. The van der Waals surface area contributed by atoms with Crippen LogP contribution in [0.4, 0.5) is 0 Å². The lowest BCUT2D eigenvalue weighted by atomic mass is 9.74. The van der Waals surface area contributed by atoms with E-state index in [9.17, 15) is 10.2 Å². The summed E-state index contributed by atoms with van der Waals surface area (Å²) in [5.41, 5.74) is 1.11. The van der Waals surface area contributed by atoms with Crippen molar-refractivity contribution >= 4 is 0 Å². The summed E-state index contributed by atoms with van der Waals surface area (Å²) in [5.74, 6) is 0.656. The molecule has 1 fully saturated rings. The van der Waals surface area contributed by atoms with Crippen molar-refractivity contribution in [3.63, 3.8) is 0 Å². The van der Waals surface area contributed by atoms with Crippen LogP contribution in [-0.2, 0) is 0 Å². The number of phenols is 1. The second-order valence-corrected chi connectivity index (χ2v) is 6.25. The zero-order valence-corrected chi connectivity index (χ0v) is 13.1. The summed E-state index contributed by atoms with van der Waals surface area (Å²) < 4.78 is 5.15. The number of benzene rings is 1. The number of hydrogen-bond donors (Lipinski definition) is 3. The minimum absolute atomic E-state index is 0.0352. The first kappa shape index (κ1) is 16.1. The van der Waals surface area contributed by atoms with Crippen LogP contribution in [-0.4, -0.2) is 30.5 Å². The summed E-state index contributed by atoms with van der Waals surface area (Å²) in [6.07, 6.45) is 5.91. The quantitative estimate of drug-likeness (QED) is 0.754. The molecule has 1 aliphatic rings. The van der Waals surface area contributed by atoms with Gasteiger partial charge in [-0.25, -0.2) is 0 Å². The Kier molecular flexibility index (Phi) is 5.48. The van der Waals surface area contributed by atoms with Gasteiger partial charge in [-0.05, 0) is 37.5 Å². The van der Waals surface area contributed by atoms with Gasteiger partial charge >= 0.3 is 0 Å². The fraction of sp³-hybridized carbons (Fsp3) is 0.647. The highest BCUT2D eigenvalue weighted by atomic mass is 16.5. The summed E-state index contributed by atoms with van der Waals surface area (Å²) in [5, 5.41) is 22.9. The molecule has 1 atom stereocenters. The normalized spacial score (nSPS) is 19.2. The highest BCUT2D eigenvalue weighted by Gasteiger charge is 2.31.